The topological polar surface area (TPSA) is 84.8 Å². The van der Waals surface area contributed by atoms with E-state index < -0.39 is 0 Å². The van der Waals surface area contributed by atoms with Crippen LogP contribution in [0, 0.1) is 18.3 Å². The van der Waals surface area contributed by atoms with E-state index in [1.807, 2.05) is 13.0 Å². The van der Waals surface area contributed by atoms with Crippen LogP contribution in [0.3, 0.4) is 0 Å². The first kappa shape index (κ1) is 10.9. The van der Waals surface area contributed by atoms with Crippen molar-refractivity contribution in [3.8, 4) is 17.7 Å². The van der Waals surface area contributed by atoms with Crippen molar-refractivity contribution < 1.29 is 4.74 Å². The van der Waals surface area contributed by atoms with Crippen molar-refractivity contribution in [3.05, 3.63) is 41.7 Å². The van der Waals surface area contributed by atoms with Gasteiger partial charge >= 0.3 is 0 Å². The molecule has 0 saturated carbocycles. The SMILES string of the molecule is Cc1ccc(C#N)cc1Oc1cncc(N)n1. The summed E-state index contributed by atoms with van der Waals surface area (Å²) in [5.41, 5.74) is 6.94. The van der Waals surface area contributed by atoms with Crippen LogP contribution in [-0.2, 0) is 0 Å². The highest BCUT2D eigenvalue weighted by Crippen LogP contribution is 2.24. The molecule has 2 rings (SSSR count). The lowest BCUT2D eigenvalue weighted by Gasteiger charge is -2.07. The maximum absolute atomic E-state index is 8.81. The third kappa shape index (κ3) is 2.49. The highest BCUT2D eigenvalue weighted by Gasteiger charge is 2.04. The lowest BCUT2D eigenvalue weighted by Crippen LogP contribution is -1.96. The number of nitrogen functional groups attached to an aromatic ring is 1. The van der Waals surface area contributed by atoms with Crippen molar-refractivity contribution >= 4 is 5.82 Å². The zero-order valence-electron chi connectivity index (χ0n) is 9.21. The van der Waals surface area contributed by atoms with Gasteiger partial charge in [0.25, 0.3) is 0 Å². The summed E-state index contributed by atoms with van der Waals surface area (Å²) >= 11 is 0. The summed E-state index contributed by atoms with van der Waals surface area (Å²) in [4.78, 5) is 7.85. The summed E-state index contributed by atoms with van der Waals surface area (Å²) in [5, 5.41) is 8.81. The summed E-state index contributed by atoms with van der Waals surface area (Å²) in [7, 11) is 0. The van der Waals surface area contributed by atoms with E-state index in [1.54, 1.807) is 12.1 Å². The van der Waals surface area contributed by atoms with Crippen LogP contribution in [0.15, 0.2) is 30.6 Å². The van der Waals surface area contributed by atoms with Gasteiger partial charge in [-0.25, -0.2) is 0 Å². The standard InChI is InChI=1S/C12H10N4O/c1-8-2-3-9(5-13)4-10(8)17-12-7-15-6-11(14)16-12/h2-4,6-7H,1H3,(H2,14,16). The van der Waals surface area contributed by atoms with E-state index in [-0.39, 0.29) is 5.82 Å². The van der Waals surface area contributed by atoms with Crippen molar-refractivity contribution in [2.24, 2.45) is 0 Å². The molecule has 17 heavy (non-hydrogen) atoms. The molecule has 5 heteroatoms. The number of aromatic nitrogens is 2. The van der Waals surface area contributed by atoms with Crippen LogP contribution in [0.25, 0.3) is 0 Å². The van der Waals surface area contributed by atoms with Crippen molar-refractivity contribution in [3.63, 3.8) is 0 Å². The second-order valence-corrected chi connectivity index (χ2v) is 3.48. The van der Waals surface area contributed by atoms with Gasteiger partial charge in [0.05, 0.1) is 24.0 Å². The normalized spacial score (nSPS) is 9.65. The minimum Gasteiger partial charge on any atom is -0.437 e. The highest BCUT2D eigenvalue weighted by molar-refractivity contribution is 5.43. The first-order valence-electron chi connectivity index (χ1n) is 4.95. The molecule has 1 aromatic heterocycles. The van der Waals surface area contributed by atoms with Crippen LogP contribution in [0.4, 0.5) is 5.82 Å². The molecule has 1 heterocycles. The molecule has 2 N–H and O–H groups in total. The number of benzene rings is 1. The third-order valence-electron chi connectivity index (χ3n) is 2.16. The average Bonchev–Trinajstić information content (AvgIpc) is 2.32. The van der Waals surface area contributed by atoms with Crippen LogP contribution in [0.5, 0.6) is 11.6 Å². The predicted molar refractivity (Wildman–Crippen MR) is 62.4 cm³/mol. The number of anilines is 1. The van der Waals surface area contributed by atoms with Crippen LogP contribution >= 0.6 is 0 Å². The van der Waals surface area contributed by atoms with Crippen molar-refractivity contribution in [2.45, 2.75) is 6.92 Å². The fourth-order valence-electron chi connectivity index (χ4n) is 1.30. The molecule has 0 atom stereocenters. The highest BCUT2D eigenvalue weighted by atomic mass is 16.5. The molecule has 0 spiro atoms. The van der Waals surface area contributed by atoms with Gasteiger partial charge in [-0.15, -0.1) is 0 Å². The Morgan fingerprint density at radius 1 is 1.35 bits per heavy atom. The summed E-state index contributed by atoms with van der Waals surface area (Å²) in [6.45, 7) is 1.89. The zero-order valence-corrected chi connectivity index (χ0v) is 9.21. The van der Waals surface area contributed by atoms with Crippen molar-refractivity contribution in [2.75, 3.05) is 5.73 Å². The molecule has 0 amide bonds. The molecule has 0 fully saturated rings. The molecule has 0 bridgehead atoms. The molecule has 1 aromatic carbocycles. The molecule has 2 aromatic rings. The Morgan fingerprint density at radius 3 is 2.88 bits per heavy atom. The van der Waals surface area contributed by atoms with Crippen LogP contribution in [0.1, 0.15) is 11.1 Å². The van der Waals surface area contributed by atoms with E-state index in [9.17, 15) is 0 Å². The second-order valence-electron chi connectivity index (χ2n) is 3.48. The molecular formula is C12H10N4O. The van der Waals surface area contributed by atoms with Crippen LogP contribution < -0.4 is 10.5 Å². The lowest BCUT2D eigenvalue weighted by atomic mass is 10.1. The minimum atomic E-state index is 0.289. The van der Waals surface area contributed by atoms with Crippen molar-refractivity contribution in [1.29, 1.82) is 5.26 Å². The molecule has 0 unspecified atom stereocenters. The van der Waals surface area contributed by atoms with E-state index in [2.05, 4.69) is 16.0 Å². The number of rotatable bonds is 2. The van der Waals surface area contributed by atoms with Crippen molar-refractivity contribution in [1.82, 2.24) is 9.97 Å². The van der Waals surface area contributed by atoms with E-state index >= 15 is 0 Å². The number of aryl methyl sites for hydroxylation is 1. The van der Waals surface area contributed by atoms with Gasteiger partial charge < -0.3 is 10.5 Å². The van der Waals surface area contributed by atoms with Crippen LogP contribution in [0.2, 0.25) is 0 Å². The van der Waals surface area contributed by atoms with Gasteiger partial charge in [-0.1, -0.05) is 6.07 Å². The zero-order chi connectivity index (χ0) is 12.3. The Balaban J connectivity index is 2.33. The molecule has 0 aliphatic rings. The summed E-state index contributed by atoms with van der Waals surface area (Å²) in [5.74, 6) is 1.17. The lowest BCUT2D eigenvalue weighted by molar-refractivity contribution is 0.457. The number of nitriles is 1. The fourth-order valence-corrected chi connectivity index (χ4v) is 1.30. The van der Waals surface area contributed by atoms with E-state index in [4.69, 9.17) is 15.7 Å². The van der Waals surface area contributed by atoms with Gasteiger partial charge in [-0.05, 0) is 24.6 Å². The minimum absolute atomic E-state index is 0.289. The second kappa shape index (κ2) is 4.49. The summed E-state index contributed by atoms with van der Waals surface area (Å²) < 4.78 is 5.53. The Hall–Kier alpha value is -2.61. The molecule has 84 valence electrons. The van der Waals surface area contributed by atoms with Gasteiger partial charge in [0.2, 0.25) is 5.88 Å². The maximum atomic E-state index is 8.81. The smallest absolute Gasteiger partial charge is 0.239 e. The number of ether oxygens (including phenoxy) is 1. The van der Waals surface area contributed by atoms with Gasteiger partial charge in [0, 0.05) is 0 Å². The number of nitrogens with zero attached hydrogens (tertiary/aromatic N) is 3. The summed E-state index contributed by atoms with van der Waals surface area (Å²) in [6.07, 6.45) is 2.90. The predicted octanol–water partition coefficient (Wildman–Crippen LogP) is 2.03. The molecular weight excluding hydrogens is 216 g/mol. The van der Waals surface area contributed by atoms with Gasteiger partial charge in [0.1, 0.15) is 11.6 Å². The molecule has 0 saturated heterocycles. The molecule has 0 radical (unpaired) electrons. The largest absolute Gasteiger partial charge is 0.437 e. The molecule has 0 aliphatic carbocycles. The monoisotopic (exact) mass is 226 g/mol. The summed E-state index contributed by atoms with van der Waals surface area (Å²) in [6, 6.07) is 7.25. The Labute approximate surface area is 98.5 Å². The maximum Gasteiger partial charge on any atom is 0.239 e. The quantitative estimate of drug-likeness (QED) is 0.846. The van der Waals surface area contributed by atoms with E-state index in [1.165, 1.54) is 12.4 Å². The van der Waals surface area contributed by atoms with Gasteiger partial charge in [-0.2, -0.15) is 10.2 Å². The van der Waals surface area contributed by atoms with Crippen LogP contribution in [-0.4, -0.2) is 9.97 Å². The van der Waals surface area contributed by atoms with Gasteiger partial charge in [-0.3, -0.25) is 4.98 Å². The average molecular weight is 226 g/mol. The fraction of sp³-hybridized carbons (Fsp3) is 0.0833. The Bertz CT molecular complexity index is 589. The van der Waals surface area contributed by atoms with E-state index in [0.717, 1.165) is 5.56 Å². The third-order valence-corrected chi connectivity index (χ3v) is 2.16. The molecule has 0 aliphatic heterocycles. The Morgan fingerprint density at radius 2 is 2.18 bits per heavy atom. The first-order valence-corrected chi connectivity index (χ1v) is 4.95. The van der Waals surface area contributed by atoms with Gasteiger partial charge in [0.15, 0.2) is 0 Å². The number of nitrogens with two attached hydrogens (primary N) is 1. The Kier molecular flexibility index (Phi) is 2.88. The number of hydrogen-bond donors (Lipinski definition) is 1. The van der Waals surface area contributed by atoms with E-state index in [0.29, 0.717) is 17.2 Å². The number of hydrogen-bond acceptors (Lipinski definition) is 5. The first-order chi connectivity index (χ1) is 8.19. The molecule has 5 nitrogen and oxygen atoms in total.